The number of rotatable bonds is 1. The number of aromatic nitrogens is 1. The van der Waals surface area contributed by atoms with Crippen molar-refractivity contribution in [1.29, 1.82) is 0 Å². The van der Waals surface area contributed by atoms with E-state index in [1.54, 1.807) is 0 Å². The Morgan fingerprint density at radius 3 is 1.50 bits per heavy atom. The molecule has 0 fully saturated rings. The molecule has 4 aromatic rings. The minimum Gasteiger partial charge on any atom is -0.309 e. The topological polar surface area (TPSA) is 4.93 Å². The highest BCUT2D eigenvalue weighted by Crippen LogP contribution is 2.35. The Kier molecular flexibility index (Phi) is 3.63. The maximum atomic E-state index is 3.59. The second-order valence-corrected chi connectivity index (χ2v) is 7.88. The van der Waals surface area contributed by atoms with Crippen LogP contribution in [0.4, 0.5) is 0 Å². The number of fused-ring (bicyclic) bond motifs is 3. The van der Waals surface area contributed by atoms with E-state index in [4.69, 9.17) is 0 Å². The molecular weight excluding hydrogens is 470 g/mol. The largest absolute Gasteiger partial charge is 0.309 e. The molecule has 0 aliphatic heterocycles. The van der Waals surface area contributed by atoms with Crippen LogP contribution in [0.25, 0.3) is 27.5 Å². The summed E-state index contributed by atoms with van der Waals surface area (Å²) in [6.07, 6.45) is 0. The van der Waals surface area contributed by atoms with Gasteiger partial charge in [0.2, 0.25) is 0 Å². The van der Waals surface area contributed by atoms with Crippen LogP contribution in [0.5, 0.6) is 0 Å². The van der Waals surface area contributed by atoms with Gasteiger partial charge < -0.3 is 4.57 Å². The van der Waals surface area contributed by atoms with E-state index < -0.39 is 0 Å². The lowest BCUT2D eigenvalue weighted by molar-refractivity contribution is 1.18. The highest BCUT2D eigenvalue weighted by molar-refractivity contribution is 9.11. The lowest BCUT2D eigenvalue weighted by Crippen LogP contribution is -1.93. The van der Waals surface area contributed by atoms with Gasteiger partial charge in [-0.25, -0.2) is 0 Å². The fourth-order valence-corrected chi connectivity index (χ4v) is 3.80. The summed E-state index contributed by atoms with van der Waals surface area (Å²) in [5.41, 5.74) is 3.55. The average molecular weight is 480 g/mol. The number of hydrogen-bond donors (Lipinski definition) is 0. The van der Waals surface area contributed by atoms with Gasteiger partial charge in [-0.05, 0) is 48.5 Å². The van der Waals surface area contributed by atoms with Crippen LogP contribution < -0.4 is 0 Å². The molecule has 4 rings (SSSR count). The SMILES string of the molecule is Brc1ccc(-n2c3cc(Br)ccc3c3ccc(Br)cc32)cc1. The minimum atomic E-state index is 1.08. The minimum absolute atomic E-state index is 1.08. The molecule has 1 nitrogen and oxygen atoms in total. The molecule has 0 atom stereocenters. The third-order valence-corrected chi connectivity index (χ3v) is 5.29. The molecule has 0 bridgehead atoms. The highest BCUT2D eigenvalue weighted by Gasteiger charge is 2.12. The van der Waals surface area contributed by atoms with Crippen molar-refractivity contribution in [2.24, 2.45) is 0 Å². The Morgan fingerprint density at radius 2 is 1.00 bits per heavy atom. The van der Waals surface area contributed by atoms with Crippen LogP contribution in [0.3, 0.4) is 0 Å². The molecule has 1 aromatic heterocycles. The molecule has 0 aliphatic rings. The Hall–Kier alpha value is -1.10. The van der Waals surface area contributed by atoms with Crippen LogP contribution in [0.1, 0.15) is 0 Å². The van der Waals surface area contributed by atoms with Gasteiger partial charge in [0.05, 0.1) is 11.0 Å². The van der Waals surface area contributed by atoms with E-state index in [0.717, 1.165) is 19.1 Å². The van der Waals surface area contributed by atoms with Gasteiger partial charge in [-0.15, -0.1) is 0 Å². The summed E-state index contributed by atoms with van der Waals surface area (Å²) in [4.78, 5) is 0. The van der Waals surface area contributed by atoms with E-state index in [0.29, 0.717) is 0 Å². The zero-order valence-corrected chi connectivity index (χ0v) is 16.1. The lowest BCUT2D eigenvalue weighted by atomic mass is 10.2. The average Bonchev–Trinajstić information content (AvgIpc) is 2.80. The summed E-state index contributed by atoms with van der Waals surface area (Å²) < 4.78 is 5.55. The quantitative estimate of drug-likeness (QED) is 0.275. The standard InChI is InChI=1S/C18H10Br3N/c19-11-1-5-14(6-2-11)22-17-9-12(20)3-7-15(17)16-8-4-13(21)10-18(16)22/h1-10H. The van der Waals surface area contributed by atoms with Gasteiger partial charge in [-0.2, -0.15) is 0 Å². The fraction of sp³-hybridized carbons (Fsp3) is 0. The van der Waals surface area contributed by atoms with Gasteiger partial charge in [0.1, 0.15) is 0 Å². The first kappa shape index (κ1) is 14.5. The van der Waals surface area contributed by atoms with Crippen molar-refractivity contribution >= 4 is 69.6 Å². The third kappa shape index (κ3) is 2.34. The van der Waals surface area contributed by atoms with E-state index >= 15 is 0 Å². The van der Waals surface area contributed by atoms with Crippen LogP contribution in [0.2, 0.25) is 0 Å². The highest BCUT2D eigenvalue weighted by atomic mass is 79.9. The summed E-state index contributed by atoms with van der Waals surface area (Å²) in [5.74, 6) is 0. The molecule has 0 unspecified atom stereocenters. The summed E-state index contributed by atoms with van der Waals surface area (Å²) >= 11 is 10.7. The lowest BCUT2D eigenvalue weighted by Gasteiger charge is -2.08. The Morgan fingerprint density at radius 1 is 0.545 bits per heavy atom. The number of benzene rings is 3. The molecular formula is C18H10Br3N. The van der Waals surface area contributed by atoms with Crippen LogP contribution in [-0.2, 0) is 0 Å². The van der Waals surface area contributed by atoms with E-state index in [2.05, 4.69) is 113 Å². The molecule has 1 heterocycles. The normalized spacial score (nSPS) is 11.4. The van der Waals surface area contributed by atoms with Gasteiger partial charge in [0, 0.05) is 29.9 Å². The molecule has 4 heteroatoms. The molecule has 0 aliphatic carbocycles. The van der Waals surface area contributed by atoms with Crippen molar-refractivity contribution in [3.05, 3.63) is 74.1 Å². The summed E-state index contributed by atoms with van der Waals surface area (Å²) in [6, 6.07) is 21.3. The predicted molar refractivity (Wildman–Crippen MR) is 104 cm³/mol. The zero-order chi connectivity index (χ0) is 15.3. The van der Waals surface area contributed by atoms with Crippen molar-refractivity contribution < 1.29 is 0 Å². The molecule has 0 spiro atoms. The van der Waals surface area contributed by atoms with Gasteiger partial charge in [0.25, 0.3) is 0 Å². The smallest absolute Gasteiger partial charge is 0.0552 e. The molecule has 0 radical (unpaired) electrons. The summed E-state index contributed by atoms with van der Waals surface area (Å²) in [5, 5.41) is 2.52. The first-order chi connectivity index (χ1) is 10.6. The van der Waals surface area contributed by atoms with Gasteiger partial charge in [0.15, 0.2) is 0 Å². The number of nitrogens with zero attached hydrogens (tertiary/aromatic N) is 1. The Balaban J connectivity index is 2.19. The molecule has 0 N–H and O–H groups in total. The van der Waals surface area contributed by atoms with Crippen LogP contribution in [0, 0.1) is 0 Å². The van der Waals surface area contributed by atoms with Crippen molar-refractivity contribution in [1.82, 2.24) is 4.57 Å². The maximum Gasteiger partial charge on any atom is 0.0552 e. The van der Waals surface area contributed by atoms with Crippen molar-refractivity contribution in [3.63, 3.8) is 0 Å². The van der Waals surface area contributed by atoms with Crippen molar-refractivity contribution in [2.75, 3.05) is 0 Å². The van der Waals surface area contributed by atoms with Gasteiger partial charge in [-0.1, -0.05) is 59.9 Å². The van der Waals surface area contributed by atoms with E-state index in [-0.39, 0.29) is 0 Å². The Bertz CT molecular complexity index is 941. The molecule has 0 amide bonds. The molecule has 3 aromatic carbocycles. The van der Waals surface area contributed by atoms with E-state index in [1.165, 1.54) is 21.8 Å². The summed E-state index contributed by atoms with van der Waals surface area (Å²) in [6.45, 7) is 0. The molecule has 0 saturated carbocycles. The van der Waals surface area contributed by atoms with Crippen LogP contribution >= 0.6 is 47.8 Å². The zero-order valence-electron chi connectivity index (χ0n) is 11.4. The summed E-state index contributed by atoms with van der Waals surface area (Å²) in [7, 11) is 0. The first-order valence-corrected chi connectivity index (χ1v) is 9.16. The van der Waals surface area contributed by atoms with Gasteiger partial charge in [-0.3, -0.25) is 0 Å². The predicted octanol–water partition coefficient (Wildman–Crippen LogP) is 7.07. The monoisotopic (exact) mass is 477 g/mol. The number of hydrogen-bond acceptors (Lipinski definition) is 0. The van der Waals surface area contributed by atoms with E-state index in [9.17, 15) is 0 Å². The second kappa shape index (κ2) is 5.52. The fourth-order valence-electron chi connectivity index (χ4n) is 2.83. The molecule has 22 heavy (non-hydrogen) atoms. The third-order valence-electron chi connectivity index (χ3n) is 3.78. The van der Waals surface area contributed by atoms with Crippen LogP contribution in [0.15, 0.2) is 74.1 Å². The molecule has 0 saturated heterocycles. The number of halogens is 3. The second-order valence-electron chi connectivity index (χ2n) is 5.13. The maximum absolute atomic E-state index is 3.59. The van der Waals surface area contributed by atoms with E-state index in [1.807, 2.05) is 0 Å². The molecule has 108 valence electrons. The first-order valence-electron chi connectivity index (χ1n) is 6.79. The van der Waals surface area contributed by atoms with Crippen LogP contribution in [-0.4, -0.2) is 4.57 Å². The van der Waals surface area contributed by atoms with Crippen molar-refractivity contribution in [3.8, 4) is 5.69 Å². The van der Waals surface area contributed by atoms with Crippen molar-refractivity contribution in [2.45, 2.75) is 0 Å². The van der Waals surface area contributed by atoms with Gasteiger partial charge >= 0.3 is 0 Å². The Labute approximate surface area is 153 Å².